The summed E-state index contributed by atoms with van der Waals surface area (Å²) in [6.07, 6.45) is 0.267. The van der Waals surface area contributed by atoms with E-state index in [4.69, 9.17) is 15.9 Å². The fourth-order valence-corrected chi connectivity index (χ4v) is 1.45. The normalized spacial score (nSPS) is 10.6. The van der Waals surface area contributed by atoms with Gasteiger partial charge in [0.05, 0.1) is 12.7 Å². The molecule has 4 heteroatoms. The first kappa shape index (κ1) is 13.5. The predicted molar refractivity (Wildman–Crippen MR) is 71.8 cm³/mol. The Balaban J connectivity index is 2.51. The van der Waals surface area contributed by atoms with Gasteiger partial charge < -0.3 is 15.4 Å². The smallest absolute Gasteiger partial charge is 0.122 e. The number of anilines is 1. The lowest BCUT2D eigenvalue weighted by atomic mass is 10.2. The van der Waals surface area contributed by atoms with Crippen molar-refractivity contribution in [3.63, 3.8) is 0 Å². The van der Waals surface area contributed by atoms with Gasteiger partial charge >= 0.3 is 0 Å². The Morgan fingerprint density at radius 2 is 1.94 bits per heavy atom. The molecule has 0 atom stereocenters. The molecule has 0 saturated carbocycles. The van der Waals surface area contributed by atoms with Crippen molar-refractivity contribution >= 4 is 11.5 Å². The van der Waals surface area contributed by atoms with Crippen molar-refractivity contribution in [2.24, 2.45) is 5.73 Å². The van der Waals surface area contributed by atoms with Gasteiger partial charge in [0, 0.05) is 24.8 Å². The molecule has 3 N–H and O–H groups in total. The molecule has 1 aromatic rings. The van der Waals surface area contributed by atoms with Crippen LogP contribution >= 0.6 is 0 Å². The summed E-state index contributed by atoms with van der Waals surface area (Å²) >= 11 is 0. The maximum absolute atomic E-state index is 7.32. The molecule has 4 nitrogen and oxygen atoms in total. The molecule has 0 radical (unpaired) electrons. The van der Waals surface area contributed by atoms with Crippen LogP contribution in [0.2, 0.25) is 0 Å². The highest BCUT2D eigenvalue weighted by atomic mass is 16.5. The largest absolute Gasteiger partial charge is 0.384 e. The molecule has 17 heavy (non-hydrogen) atoms. The van der Waals surface area contributed by atoms with Gasteiger partial charge in [-0.3, -0.25) is 5.41 Å². The SMILES string of the molecule is CC(C)OCCN(C)c1ccc(C(=N)N)cc1. The number of rotatable bonds is 6. The lowest BCUT2D eigenvalue weighted by Crippen LogP contribution is -2.24. The summed E-state index contributed by atoms with van der Waals surface area (Å²) in [5, 5.41) is 7.32. The predicted octanol–water partition coefficient (Wildman–Crippen LogP) is 1.83. The van der Waals surface area contributed by atoms with Crippen LogP contribution in [0, 0.1) is 5.41 Å². The van der Waals surface area contributed by atoms with Gasteiger partial charge in [0.15, 0.2) is 0 Å². The molecule has 0 saturated heterocycles. The lowest BCUT2D eigenvalue weighted by Gasteiger charge is -2.20. The minimum Gasteiger partial charge on any atom is -0.384 e. The first-order valence-electron chi connectivity index (χ1n) is 5.78. The highest BCUT2D eigenvalue weighted by molar-refractivity contribution is 5.95. The fourth-order valence-electron chi connectivity index (χ4n) is 1.45. The number of amidine groups is 1. The maximum Gasteiger partial charge on any atom is 0.122 e. The van der Waals surface area contributed by atoms with E-state index in [0.717, 1.165) is 17.8 Å². The molecule has 0 spiro atoms. The molecule has 0 amide bonds. The summed E-state index contributed by atoms with van der Waals surface area (Å²) < 4.78 is 5.50. The van der Waals surface area contributed by atoms with Crippen LogP contribution in [0.25, 0.3) is 0 Å². The first-order valence-corrected chi connectivity index (χ1v) is 5.78. The van der Waals surface area contributed by atoms with Gasteiger partial charge in [-0.05, 0) is 38.1 Å². The van der Waals surface area contributed by atoms with Crippen LogP contribution in [0.15, 0.2) is 24.3 Å². The van der Waals surface area contributed by atoms with Crippen LogP contribution in [0.5, 0.6) is 0 Å². The van der Waals surface area contributed by atoms with E-state index >= 15 is 0 Å². The topological polar surface area (TPSA) is 62.3 Å². The summed E-state index contributed by atoms with van der Waals surface area (Å²) in [6, 6.07) is 7.65. The molecular weight excluding hydrogens is 214 g/mol. The Bertz CT molecular complexity index is 359. The summed E-state index contributed by atoms with van der Waals surface area (Å²) in [6.45, 7) is 5.61. The van der Waals surface area contributed by atoms with Gasteiger partial charge in [0.2, 0.25) is 0 Å². The van der Waals surface area contributed by atoms with Gasteiger partial charge in [-0.25, -0.2) is 0 Å². The van der Waals surface area contributed by atoms with Gasteiger partial charge in [-0.2, -0.15) is 0 Å². The van der Waals surface area contributed by atoms with Crippen LogP contribution < -0.4 is 10.6 Å². The van der Waals surface area contributed by atoms with E-state index in [0.29, 0.717) is 6.61 Å². The zero-order chi connectivity index (χ0) is 12.8. The standard InChI is InChI=1S/C13H21N3O/c1-10(2)17-9-8-16(3)12-6-4-11(5-7-12)13(14)15/h4-7,10H,8-9H2,1-3H3,(H3,14,15). The summed E-state index contributed by atoms with van der Waals surface area (Å²) in [7, 11) is 2.02. The molecule has 0 bridgehead atoms. The second-order valence-corrected chi connectivity index (χ2v) is 4.30. The number of likely N-dealkylation sites (N-methyl/N-ethyl adjacent to an activating group) is 1. The van der Waals surface area contributed by atoms with Crippen LogP contribution in [0.4, 0.5) is 5.69 Å². The van der Waals surface area contributed by atoms with Gasteiger partial charge in [0.1, 0.15) is 5.84 Å². The Kier molecular flexibility index (Phi) is 4.97. The van der Waals surface area contributed by atoms with Gasteiger partial charge in [0.25, 0.3) is 0 Å². The Morgan fingerprint density at radius 3 is 2.41 bits per heavy atom. The third kappa shape index (κ3) is 4.44. The van der Waals surface area contributed by atoms with Crippen LogP contribution in [-0.2, 0) is 4.74 Å². The first-order chi connectivity index (χ1) is 8.00. The minimum absolute atomic E-state index is 0.0994. The second kappa shape index (κ2) is 6.25. The van der Waals surface area contributed by atoms with Crippen molar-refractivity contribution in [2.45, 2.75) is 20.0 Å². The molecule has 0 aliphatic carbocycles. The number of nitrogen functional groups attached to an aromatic ring is 1. The zero-order valence-corrected chi connectivity index (χ0v) is 10.7. The molecule has 94 valence electrons. The number of hydrogen-bond acceptors (Lipinski definition) is 3. The Morgan fingerprint density at radius 1 is 1.35 bits per heavy atom. The third-order valence-corrected chi connectivity index (χ3v) is 2.50. The summed E-state index contributed by atoms with van der Waals surface area (Å²) in [5.41, 5.74) is 7.25. The highest BCUT2D eigenvalue weighted by Crippen LogP contribution is 2.13. The number of nitrogens with one attached hydrogen (secondary N) is 1. The van der Waals surface area contributed by atoms with E-state index in [2.05, 4.69) is 4.90 Å². The number of nitrogens with zero attached hydrogens (tertiary/aromatic N) is 1. The monoisotopic (exact) mass is 235 g/mol. The van der Waals surface area contributed by atoms with Gasteiger partial charge in [-0.1, -0.05) is 0 Å². The van der Waals surface area contributed by atoms with Crippen molar-refractivity contribution < 1.29 is 4.74 Å². The Labute approximate surface area is 103 Å². The van der Waals surface area contributed by atoms with E-state index in [1.165, 1.54) is 0 Å². The van der Waals surface area contributed by atoms with E-state index in [1.54, 1.807) is 0 Å². The van der Waals surface area contributed by atoms with Crippen LogP contribution in [0.1, 0.15) is 19.4 Å². The van der Waals surface area contributed by atoms with Crippen molar-refractivity contribution in [1.29, 1.82) is 5.41 Å². The van der Waals surface area contributed by atoms with E-state index in [1.807, 2.05) is 45.2 Å². The quantitative estimate of drug-likeness (QED) is 0.584. The molecule has 0 heterocycles. The average molecular weight is 235 g/mol. The molecule has 0 fully saturated rings. The maximum atomic E-state index is 7.32. The highest BCUT2D eigenvalue weighted by Gasteiger charge is 2.02. The molecule has 0 aliphatic heterocycles. The van der Waals surface area contributed by atoms with E-state index in [9.17, 15) is 0 Å². The summed E-state index contributed by atoms with van der Waals surface area (Å²) in [5.74, 6) is 0.0994. The van der Waals surface area contributed by atoms with E-state index in [-0.39, 0.29) is 11.9 Å². The second-order valence-electron chi connectivity index (χ2n) is 4.30. The Hall–Kier alpha value is -1.55. The average Bonchev–Trinajstić information content (AvgIpc) is 2.28. The fraction of sp³-hybridized carbons (Fsp3) is 0.462. The van der Waals surface area contributed by atoms with Crippen molar-refractivity contribution in [1.82, 2.24) is 0 Å². The van der Waals surface area contributed by atoms with Crippen LogP contribution in [-0.4, -0.2) is 32.1 Å². The molecule has 0 unspecified atom stereocenters. The van der Waals surface area contributed by atoms with Crippen molar-refractivity contribution in [2.75, 3.05) is 25.1 Å². The number of hydrogen-bond donors (Lipinski definition) is 2. The minimum atomic E-state index is 0.0994. The third-order valence-electron chi connectivity index (χ3n) is 2.50. The molecular formula is C13H21N3O. The van der Waals surface area contributed by atoms with Crippen molar-refractivity contribution in [3.8, 4) is 0 Å². The summed E-state index contributed by atoms with van der Waals surface area (Å²) in [4.78, 5) is 2.12. The molecule has 1 rings (SSSR count). The van der Waals surface area contributed by atoms with Crippen LogP contribution in [0.3, 0.4) is 0 Å². The molecule has 0 aromatic heterocycles. The zero-order valence-electron chi connectivity index (χ0n) is 10.7. The van der Waals surface area contributed by atoms with E-state index < -0.39 is 0 Å². The number of ether oxygens (including phenoxy) is 1. The molecule has 1 aromatic carbocycles. The molecule has 0 aliphatic rings. The van der Waals surface area contributed by atoms with Crippen molar-refractivity contribution in [3.05, 3.63) is 29.8 Å². The van der Waals surface area contributed by atoms with Gasteiger partial charge in [-0.15, -0.1) is 0 Å². The number of nitrogens with two attached hydrogens (primary N) is 1. The number of benzene rings is 1. The lowest BCUT2D eigenvalue weighted by molar-refractivity contribution is 0.0846.